The van der Waals surface area contributed by atoms with Crippen LogP contribution in [0.2, 0.25) is 0 Å². The maximum absolute atomic E-state index is 12.6. The molecule has 1 aliphatic rings. The lowest BCUT2D eigenvalue weighted by atomic mass is 10.1. The molecular weight excluding hydrogens is 332 g/mol. The largest absolute Gasteiger partial charge is 0.462 e. The van der Waals surface area contributed by atoms with Crippen LogP contribution < -0.4 is 10.7 Å². The van der Waals surface area contributed by atoms with E-state index in [1.807, 2.05) is 18.2 Å². The van der Waals surface area contributed by atoms with Crippen molar-refractivity contribution in [3.8, 4) is 0 Å². The van der Waals surface area contributed by atoms with Crippen LogP contribution in [-0.2, 0) is 9.47 Å². The number of rotatable bonds is 6. The van der Waals surface area contributed by atoms with Crippen LogP contribution in [0.5, 0.6) is 0 Å². The molecule has 0 amide bonds. The molecule has 0 bridgehead atoms. The number of hydrogen-bond donors (Lipinski definition) is 1. The van der Waals surface area contributed by atoms with E-state index in [1.54, 1.807) is 13.1 Å². The molecule has 0 unspecified atom stereocenters. The third-order valence-corrected chi connectivity index (χ3v) is 4.42. The number of esters is 1. The highest BCUT2D eigenvalue weighted by Gasteiger charge is 2.26. The molecule has 1 saturated heterocycles. The van der Waals surface area contributed by atoms with Gasteiger partial charge >= 0.3 is 5.97 Å². The van der Waals surface area contributed by atoms with Gasteiger partial charge in [-0.2, -0.15) is 0 Å². The van der Waals surface area contributed by atoms with Gasteiger partial charge in [-0.1, -0.05) is 19.1 Å². The predicted molar refractivity (Wildman–Crippen MR) is 102 cm³/mol. The second kappa shape index (κ2) is 8.33. The fourth-order valence-electron chi connectivity index (χ4n) is 3.27. The summed E-state index contributed by atoms with van der Waals surface area (Å²) >= 11 is 0. The Labute approximate surface area is 153 Å². The lowest BCUT2D eigenvalue weighted by molar-refractivity contribution is 0.0314. The average Bonchev–Trinajstić information content (AvgIpc) is 2.67. The Morgan fingerprint density at radius 3 is 2.81 bits per heavy atom. The zero-order chi connectivity index (χ0) is 18.5. The average molecular weight is 358 g/mol. The van der Waals surface area contributed by atoms with Crippen molar-refractivity contribution in [3.63, 3.8) is 0 Å². The van der Waals surface area contributed by atoms with Crippen molar-refractivity contribution in [1.82, 2.24) is 9.99 Å². The van der Waals surface area contributed by atoms with E-state index in [1.165, 1.54) is 0 Å². The number of carbonyl (C=O) groups is 1. The molecule has 1 aromatic carbocycles. The summed E-state index contributed by atoms with van der Waals surface area (Å²) < 4.78 is 10.8. The number of hydrogen-bond acceptors (Lipinski definition) is 7. The number of fused-ring (bicyclic) bond motifs is 1. The summed E-state index contributed by atoms with van der Waals surface area (Å²) in [4.78, 5) is 17.1. The van der Waals surface area contributed by atoms with E-state index in [9.17, 15) is 4.79 Å². The Hall–Kier alpha value is -2.38. The van der Waals surface area contributed by atoms with Gasteiger partial charge in [0.2, 0.25) is 0 Å². The van der Waals surface area contributed by atoms with Crippen LogP contribution in [-0.4, -0.2) is 55.4 Å². The van der Waals surface area contributed by atoms with Gasteiger partial charge in [0.25, 0.3) is 0 Å². The number of pyridine rings is 1. The number of para-hydroxylation sites is 1. The summed E-state index contributed by atoms with van der Waals surface area (Å²) in [5, 5.41) is 5.25. The fraction of sp³-hybridized carbons (Fsp3) is 0.474. The number of aromatic nitrogens is 1. The van der Waals surface area contributed by atoms with E-state index in [0.29, 0.717) is 36.6 Å². The lowest BCUT2D eigenvalue weighted by Gasteiger charge is -2.40. The molecule has 0 saturated carbocycles. The van der Waals surface area contributed by atoms with Gasteiger partial charge in [0.05, 0.1) is 36.7 Å². The van der Waals surface area contributed by atoms with Crippen molar-refractivity contribution in [2.75, 3.05) is 50.2 Å². The minimum atomic E-state index is -0.367. The van der Waals surface area contributed by atoms with Gasteiger partial charge < -0.3 is 20.2 Å². The second-order valence-corrected chi connectivity index (χ2v) is 6.17. The first kappa shape index (κ1) is 18.4. The van der Waals surface area contributed by atoms with Crippen molar-refractivity contribution in [1.29, 1.82) is 0 Å². The molecule has 1 aliphatic heterocycles. The standard InChI is InChI=1S/C19H26N4O3/c1-3-8-23(22-9-11-25-12-10-22)18-14-6-5-7-16(20)17(14)21-13-15(18)19(24)26-4-2/h5-7,13H,3-4,8-12,20H2,1-2H3. The van der Waals surface area contributed by atoms with Gasteiger partial charge in [-0.15, -0.1) is 0 Å². The van der Waals surface area contributed by atoms with E-state index in [-0.39, 0.29) is 5.97 Å². The van der Waals surface area contributed by atoms with Gasteiger partial charge in [-0.25, -0.2) is 9.80 Å². The normalized spacial score (nSPS) is 15.2. The van der Waals surface area contributed by atoms with Crippen LogP contribution >= 0.6 is 0 Å². The van der Waals surface area contributed by atoms with E-state index in [0.717, 1.165) is 37.1 Å². The van der Waals surface area contributed by atoms with Crippen molar-refractivity contribution in [2.24, 2.45) is 0 Å². The maximum atomic E-state index is 12.6. The molecule has 140 valence electrons. The number of carbonyl (C=O) groups excluding carboxylic acids is 1. The highest BCUT2D eigenvalue weighted by atomic mass is 16.5. The van der Waals surface area contributed by atoms with Crippen molar-refractivity contribution >= 4 is 28.2 Å². The second-order valence-electron chi connectivity index (χ2n) is 6.17. The van der Waals surface area contributed by atoms with Crippen LogP contribution in [0, 0.1) is 0 Å². The zero-order valence-electron chi connectivity index (χ0n) is 15.4. The summed E-state index contributed by atoms with van der Waals surface area (Å²) in [6.45, 7) is 7.90. The Balaban J connectivity index is 2.19. The smallest absolute Gasteiger partial charge is 0.341 e. The molecule has 0 atom stereocenters. The number of ether oxygens (including phenoxy) is 2. The molecule has 1 aromatic heterocycles. The first-order valence-corrected chi connectivity index (χ1v) is 9.11. The van der Waals surface area contributed by atoms with Crippen LogP contribution in [0.3, 0.4) is 0 Å². The Kier molecular flexibility index (Phi) is 5.90. The molecular formula is C19H26N4O3. The third-order valence-electron chi connectivity index (χ3n) is 4.42. The molecule has 3 rings (SSSR count). The quantitative estimate of drug-likeness (QED) is 0.627. The van der Waals surface area contributed by atoms with Gasteiger partial charge in [0, 0.05) is 31.2 Å². The van der Waals surface area contributed by atoms with Crippen LogP contribution in [0.4, 0.5) is 11.4 Å². The van der Waals surface area contributed by atoms with Crippen LogP contribution in [0.25, 0.3) is 10.9 Å². The molecule has 0 spiro atoms. The number of nitrogen functional groups attached to an aromatic ring is 1. The third kappa shape index (κ3) is 3.59. The van der Waals surface area contributed by atoms with Crippen LogP contribution in [0.15, 0.2) is 24.4 Å². The Bertz CT molecular complexity index is 775. The lowest BCUT2D eigenvalue weighted by Crippen LogP contribution is -2.50. The predicted octanol–water partition coefficient (Wildman–Crippen LogP) is 2.46. The van der Waals surface area contributed by atoms with E-state index in [4.69, 9.17) is 15.2 Å². The summed E-state index contributed by atoms with van der Waals surface area (Å²) in [6, 6.07) is 5.67. The number of anilines is 2. The molecule has 2 N–H and O–H groups in total. The van der Waals surface area contributed by atoms with Gasteiger partial charge in [-0.3, -0.25) is 4.98 Å². The van der Waals surface area contributed by atoms with Gasteiger partial charge in [-0.05, 0) is 19.4 Å². The molecule has 1 fully saturated rings. The summed E-state index contributed by atoms with van der Waals surface area (Å²) in [7, 11) is 0. The molecule has 26 heavy (non-hydrogen) atoms. The molecule has 2 heterocycles. The summed E-state index contributed by atoms with van der Waals surface area (Å²) in [6.07, 6.45) is 2.51. The monoisotopic (exact) mass is 358 g/mol. The molecule has 7 nitrogen and oxygen atoms in total. The molecule has 0 radical (unpaired) electrons. The van der Waals surface area contributed by atoms with E-state index < -0.39 is 0 Å². The fourth-order valence-corrected chi connectivity index (χ4v) is 3.27. The van der Waals surface area contributed by atoms with Gasteiger partial charge in [0.15, 0.2) is 0 Å². The van der Waals surface area contributed by atoms with E-state index in [2.05, 4.69) is 21.9 Å². The van der Waals surface area contributed by atoms with Crippen molar-refractivity contribution in [2.45, 2.75) is 20.3 Å². The number of hydrazine groups is 1. The maximum Gasteiger partial charge on any atom is 0.341 e. The number of nitrogens with zero attached hydrogens (tertiary/aromatic N) is 3. The SMILES string of the molecule is CCCN(c1c(C(=O)OCC)cnc2c(N)cccc12)N1CCOCC1. The minimum Gasteiger partial charge on any atom is -0.462 e. The highest BCUT2D eigenvalue weighted by molar-refractivity contribution is 6.07. The number of morpholine rings is 1. The van der Waals surface area contributed by atoms with Crippen molar-refractivity contribution < 1.29 is 14.3 Å². The Morgan fingerprint density at radius 1 is 1.35 bits per heavy atom. The Morgan fingerprint density at radius 2 is 2.12 bits per heavy atom. The molecule has 0 aliphatic carbocycles. The highest BCUT2D eigenvalue weighted by Crippen LogP contribution is 2.34. The molecule has 7 heteroatoms. The van der Waals surface area contributed by atoms with Crippen LogP contribution in [0.1, 0.15) is 30.6 Å². The topological polar surface area (TPSA) is 80.9 Å². The number of nitrogens with two attached hydrogens (primary N) is 1. The first-order chi connectivity index (χ1) is 12.7. The first-order valence-electron chi connectivity index (χ1n) is 9.11. The number of benzene rings is 1. The van der Waals surface area contributed by atoms with E-state index >= 15 is 0 Å². The van der Waals surface area contributed by atoms with Crippen molar-refractivity contribution in [3.05, 3.63) is 30.0 Å². The minimum absolute atomic E-state index is 0.318. The summed E-state index contributed by atoms with van der Waals surface area (Å²) in [5.74, 6) is -0.367. The van der Waals surface area contributed by atoms with Gasteiger partial charge in [0.1, 0.15) is 5.56 Å². The molecule has 2 aromatic rings. The summed E-state index contributed by atoms with van der Waals surface area (Å²) in [5.41, 5.74) is 8.70. The zero-order valence-corrected chi connectivity index (χ0v) is 15.4.